The molecule has 2 aromatic rings. The Hall–Kier alpha value is -1.81. The zero-order chi connectivity index (χ0) is 12.7. The smallest absolute Gasteiger partial charge is 0.274 e. The summed E-state index contributed by atoms with van der Waals surface area (Å²) in [4.78, 5) is 14.5. The first-order valence-electron chi connectivity index (χ1n) is 6.25. The fourth-order valence-corrected chi connectivity index (χ4v) is 2.79. The van der Waals surface area contributed by atoms with E-state index in [1.165, 1.54) is 0 Å². The molecular weight excluding hydrogens is 226 g/mol. The molecule has 1 aromatic carbocycles. The standard InChI is InChI=1S/C14H17N3O/c1-16-7-6-11(9-16)17-13-5-3-2-4-10(13)8-12(15)14(17)18/h2-5,8,11H,6-7,9,15H2,1H3. The largest absolute Gasteiger partial charge is 0.394 e. The molecule has 4 nitrogen and oxygen atoms in total. The molecule has 0 bridgehead atoms. The second kappa shape index (κ2) is 4.14. The molecule has 3 rings (SSSR count). The van der Waals surface area contributed by atoms with E-state index in [0.717, 1.165) is 30.4 Å². The molecule has 0 spiro atoms. The monoisotopic (exact) mass is 243 g/mol. The van der Waals surface area contributed by atoms with Crippen LogP contribution in [0.3, 0.4) is 0 Å². The minimum atomic E-state index is -0.0611. The highest BCUT2D eigenvalue weighted by atomic mass is 16.1. The molecule has 4 heteroatoms. The zero-order valence-electron chi connectivity index (χ0n) is 10.5. The topological polar surface area (TPSA) is 51.3 Å². The summed E-state index contributed by atoms with van der Waals surface area (Å²) >= 11 is 0. The second-order valence-electron chi connectivity index (χ2n) is 5.04. The molecule has 18 heavy (non-hydrogen) atoms. The Morgan fingerprint density at radius 3 is 2.83 bits per heavy atom. The minimum Gasteiger partial charge on any atom is -0.394 e. The number of benzene rings is 1. The Kier molecular flexibility index (Phi) is 2.59. The van der Waals surface area contributed by atoms with Crippen molar-refractivity contribution in [3.63, 3.8) is 0 Å². The van der Waals surface area contributed by atoms with Gasteiger partial charge in [0.1, 0.15) is 0 Å². The highest BCUT2D eigenvalue weighted by Gasteiger charge is 2.23. The molecule has 0 amide bonds. The average Bonchev–Trinajstić information content (AvgIpc) is 2.77. The van der Waals surface area contributed by atoms with Gasteiger partial charge in [0.2, 0.25) is 0 Å². The van der Waals surface area contributed by atoms with Crippen LogP contribution in [-0.4, -0.2) is 29.6 Å². The molecule has 0 radical (unpaired) electrons. The minimum absolute atomic E-state index is 0.0611. The Morgan fingerprint density at radius 1 is 1.33 bits per heavy atom. The quantitative estimate of drug-likeness (QED) is 0.825. The van der Waals surface area contributed by atoms with Crippen LogP contribution in [0.4, 0.5) is 5.69 Å². The van der Waals surface area contributed by atoms with Gasteiger partial charge in [0.15, 0.2) is 0 Å². The van der Waals surface area contributed by atoms with E-state index < -0.39 is 0 Å². The van der Waals surface area contributed by atoms with Gasteiger partial charge in [0.25, 0.3) is 5.56 Å². The molecule has 2 heterocycles. The van der Waals surface area contributed by atoms with Gasteiger partial charge in [-0.05, 0) is 32.1 Å². The molecule has 1 aromatic heterocycles. The van der Waals surface area contributed by atoms with Crippen molar-refractivity contribution in [1.29, 1.82) is 0 Å². The van der Waals surface area contributed by atoms with Crippen LogP contribution in [0.15, 0.2) is 35.1 Å². The predicted octanol–water partition coefficient (Wildman–Crippen LogP) is 1.46. The number of pyridine rings is 1. The number of likely N-dealkylation sites (tertiary alicyclic amines) is 1. The fraction of sp³-hybridized carbons (Fsp3) is 0.357. The molecule has 1 saturated heterocycles. The van der Waals surface area contributed by atoms with Gasteiger partial charge in [-0.3, -0.25) is 4.79 Å². The van der Waals surface area contributed by atoms with Gasteiger partial charge in [-0.1, -0.05) is 18.2 Å². The van der Waals surface area contributed by atoms with Gasteiger partial charge in [0.05, 0.1) is 17.2 Å². The molecule has 1 aliphatic heterocycles. The summed E-state index contributed by atoms with van der Waals surface area (Å²) in [6.07, 6.45) is 1.00. The van der Waals surface area contributed by atoms with Crippen molar-refractivity contribution in [2.45, 2.75) is 12.5 Å². The summed E-state index contributed by atoms with van der Waals surface area (Å²) in [5, 5.41) is 1.03. The third-order valence-corrected chi connectivity index (χ3v) is 3.70. The SMILES string of the molecule is CN1CCC(n2c(=O)c(N)cc3ccccc32)C1. The van der Waals surface area contributed by atoms with Crippen LogP contribution >= 0.6 is 0 Å². The van der Waals surface area contributed by atoms with Crippen molar-refractivity contribution in [2.24, 2.45) is 0 Å². The maximum Gasteiger partial charge on any atom is 0.274 e. The van der Waals surface area contributed by atoms with E-state index in [9.17, 15) is 4.79 Å². The van der Waals surface area contributed by atoms with Gasteiger partial charge >= 0.3 is 0 Å². The van der Waals surface area contributed by atoms with E-state index in [0.29, 0.717) is 5.69 Å². The van der Waals surface area contributed by atoms with Crippen molar-refractivity contribution < 1.29 is 0 Å². The number of rotatable bonds is 1. The van der Waals surface area contributed by atoms with Crippen LogP contribution in [0.25, 0.3) is 10.9 Å². The van der Waals surface area contributed by atoms with Crippen molar-refractivity contribution >= 4 is 16.6 Å². The summed E-state index contributed by atoms with van der Waals surface area (Å²) in [6, 6.07) is 9.93. The normalized spacial score (nSPS) is 20.6. The Bertz CT molecular complexity index is 647. The van der Waals surface area contributed by atoms with Crippen molar-refractivity contribution in [3.05, 3.63) is 40.7 Å². The molecule has 0 aliphatic carbocycles. The number of fused-ring (bicyclic) bond motifs is 1. The van der Waals surface area contributed by atoms with E-state index in [4.69, 9.17) is 5.73 Å². The van der Waals surface area contributed by atoms with Gasteiger partial charge in [0, 0.05) is 11.9 Å². The van der Waals surface area contributed by atoms with Gasteiger partial charge in [-0.25, -0.2) is 0 Å². The van der Waals surface area contributed by atoms with E-state index >= 15 is 0 Å². The van der Waals surface area contributed by atoms with E-state index in [2.05, 4.69) is 11.9 Å². The number of aromatic nitrogens is 1. The van der Waals surface area contributed by atoms with Crippen LogP contribution in [0, 0.1) is 0 Å². The van der Waals surface area contributed by atoms with Gasteiger partial charge in [-0.15, -0.1) is 0 Å². The zero-order valence-corrected chi connectivity index (χ0v) is 10.5. The average molecular weight is 243 g/mol. The lowest BCUT2D eigenvalue weighted by Gasteiger charge is -2.18. The molecule has 94 valence electrons. The van der Waals surface area contributed by atoms with Crippen molar-refractivity contribution in [3.8, 4) is 0 Å². The Balaban J connectivity index is 2.26. The number of para-hydroxylation sites is 1. The van der Waals surface area contributed by atoms with Crippen LogP contribution in [0.5, 0.6) is 0 Å². The van der Waals surface area contributed by atoms with E-state index in [1.54, 1.807) is 6.07 Å². The number of hydrogen-bond donors (Lipinski definition) is 1. The number of anilines is 1. The van der Waals surface area contributed by atoms with Crippen LogP contribution in [0.1, 0.15) is 12.5 Å². The molecule has 2 N–H and O–H groups in total. The second-order valence-corrected chi connectivity index (χ2v) is 5.04. The molecule has 1 atom stereocenters. The van der Waals surface area contributed by atoms with E-state index in [-0.39, 0.29) is 11.6 Å². The van der Waals surface area contributed by atoms with E-state index in [1.807, 2.05) is 28.8 Å². The lowest BCUT2D eigenvalue weighted by molar-refractivity contribution is 0.393. The van der Waals surface area contributed by atoms with Crippen LogP contribution < -0.4 is 11.3 Å². The maximum absolute atomic E-state index is 12.3. The van der Waals surface area contributed by atoms with Crippen molar-refractivity contribution in [2.75, 3.05) is 25.9 Å². The molecule has 1 aliphatic rings. The number of likely N-dealkylation sites (N-methyl/N-ethyl adjacent to an activating group) is 1. The molecular formula is C14H17N3O. The number of nitrogens with zero attached hydrogens (tertiary/aromatic N) is 2. The summed E-state index contributed by atoms with van der Waals surface area (Å²) in [7, 11) is 2.08. The van der Waals surface area contributed by atoms with Gasteiger partial charge in [-0.2, -0.15) is 0 Å². The Labute approximate surface area is 106 Å². The van der Waals surface area contributed by atoms with Gasteiger partial charge < -0.3 is 15.2 Å². The maximum atomic E-state index is 12.3. The summed E-state index contributed by atoms with van der Waals surface area (Å²) < 4.78 is 1.87. The summed E-state index contributed by atoms with van der Waals surface area (Å²) in [6.45, 7) is 1.94. The predicted molar refractivity (Wildman–Crippen MR) is 73.8 cm³/mol. The van der Waals surface area contributed by atoms with Crippen LogP contribution in [0.2, 0.25) is 0 Å². The van der Waals surface area contributed by atoms with Crippen molar-refractivity contribution in [1.82, 2.24) is 9.47 Å². The first-order chi connectivity index (χ1) is 8.66. The third-order valence-electron chi connectivity index (χ3n) is 3.70. The van der Waals surface area contributed by atoms with Crippen LogP contribution in [-0.2, 0) is 0 Å². The number of hydrogen-bond acceptors (Lipinski definition) is 3. The number of nitrogens with two attached hydrogens (primary N) is 1. The highest BCUT2D eigenvalue weighted by molar-refractivity contribution is 5.81. The first kappa shape index (κ1) is 11.3. The lowest BCUT2D eigenvalue weighted by Crippen LogP contribution is -2.28. The summed E-state index contributed by atoms with van der Waals surface area (Å²) in [5.41, 5.74) is 7.10. The third kappa shape index (κ3) is 1.69. The Morgan fingerprint density at radius 2 is 2.11 bits per heavy atom. The highest BCUT2D eigenvalue weighted by Crippen LogP contribution is 2.24. The molecule has 1 unspecified atom stereocenters. The first-order valence-corrected chi connectivity index (χ1v) is 6.25. The number of nitrogen functional groups attached to an aromatic ring is 1. The molecule has 1 fully saturated rings. The molecule has 0 saturated carbocycles. The fourth-order valence-electron chi connectivity index (χ4n) is 2.79. The lowest BCUT2D eigenvalue weighted by atomic mass is 10.1. The summed E-state index contributed by atoms with van der Waals surface area (Å²) in [5.74, 6) is 0.